The van der Waals surface area contributed by atoms with Crippen LogP contribution >= 0.6 is 0 Å². The molecule has 1 aliphatic rings. The van der Waals surface area contributed by atoms with Crippen molar-refractivity contribution in [3.05, 3.63) is 12.4 Å². The number of amides is 1. The first-order chi connectivity index (χ1) is 7.15. The van der Waals surface area contributed by atoms with Crippen molar-refractivity contribution in [2.24, 2.45) is 11.8 Å². The maximum atomic E-state index is 11.4. The maximum absolute atomic E-state index is 11.4. The molecule has 0 spiro atoms. The average molecular weight is 207 g/mol. The van der Waals surface area contributed by atoms with E-state index in [1.165, 1.54) is 12.8 Å². The van der Waals surface area contributed by atoms with Crippen LogP contribution in [0.3, 0.4) is 0 Å². The number of nitrogens with one attached hydrogen (secondary N) is 1. The first kappa shape index (κ1) is 10.2. The van der Waals surface area contributed by atoms with Crippen LogP contribution in [-0.4, -0.2) is 15.7 Å². The Morgan fingerprint density at radius 1 is 1.67 bits per heavy atom. The lowest BCUT2D eigenvalue weighted by molar-refractivity contribution is -0.118. The molecule has 0 radical (unpaired) electrons. The molecule has 1 fully saturated rings. The highest BCUT2D eigenvalue weighted by Crippen LogP contribution is 2.30. The van der Waals surface area contributed by atoms with E-state index in [9.17, 15) is 4.79 Å². The molecule has 82 valence electrons. The molecule has 4 heteroatoms. The summed E-state index contributed by atoms with van der Waals surface area (Å²) in [5.74, 6) is 0.858. The van der Waals surface area contributed by atoms with Crippen LogP contribution in [-0.2, 0) is 11.3 Å². The maximum Gasteiger partial charge on any atom is 0.227 e. The largest absolute Gasteiger partial charge is 0.323 e. The van der Waals surface area contributed by atoms with E-state index < -0.39 is 0 Å². The molecular formula is C11H17N3O. The third-order valence-electron chi connectivity index (χ3n) is 2.57. The quantitative estimate of drug-likeness (QED) is 0.819. The van der Waals surface area contributed by atoms with Gasteiger partial charge in [-0.05, 0) is 18.8 Å². The zero-order valence-corrected chi connectivity index (χ0v) is 9.23. The van der Waals surface area contributed by atoms with E-state index >= 15 is 0 Å². The van der Waals surface area contributed by atoms with Gasteiger partial charge in [0, 0.05) is 18.7 Å². The van der Waals surface area contributed by atoms with Gasteiger partial charge in [-0.1, -0.05) is 13.8 Å². The van der Waals surface area contributed by atoms with Gasteiger partial charge in [0.05, 0.1) is 11.9 Å². The normalized spacial score (nSPS) is 15.7. The number of carbonyl (C=O) groups is 1. The van der Waals surface area contributed by atoms with Crippen LogP contribution < -0.4 is 5.32 Å². The molecular weight excluding hydrogens is 190 g/mol. The van der Waals surface area contributed by atoms with E-state index in [1.807, 2.05) is 24.7 Å². The van der Waals surface area contributed by atoms with Crippen LogP contribution in [0.1, 0.15) is 26.7 Å². The predicted molar refractivity (Wildman–Crippen MR) is 58.4 cm³/mol. The summed E-state index contributed by atoms with van der Waals surface area (Å²) in [5, 5.41) is 7.04. The van der Waals surface area contributed by atoms with Crippen molar-refractivity contribution in [1.82, 2.24) is 9.78 Å². The lowest BCUT2D eigenvalue weighted by Gasteiger charge is -2.04. The van der Waals surface area contributed by atoms with Crippen LogP contribution in [0.2, 0.25) is 0 Å². The highest BCUT2D eigenvalue weighted by atomic mass is 16.1. The van der Waals surface area contributed by atoms with Crippen LogP contribution in [0.5, 0.6) is 0 Å². The third kappa shape index (κ3) is 2.81. The first-order valence-corrected chi connectivity index (χ1v) is 5.48. The number of carbonyl (C=O) groups excluding carboxylic acids is 1. The summed E-state index contributed by atoms with van der Waals surface area (Å²) < 4.78 is 1.91. The molecule has 1 saturated carbocycles. The minimum Gasteiger partial charge on any atom is -0.323 e. The van der Waals surface area contributed by atoms with Crippen LogP contribution in [0.15, 0.2) is 12.4 Å². The predicted octanol–water partition coefficient (Wildman–Crippen LogP) is 1.89. The van der Waals surface area contributed by atoms with E-state index in [2.05, 4.69) is 10.4 Å². The molecule has 0 saturated heterocycles. The van der Waals surface area contributed by atoms with Gasteiger partial charge < -0.3 is 5.32 Å². The molecule has 1 heterocycles. The molecule has 1 N–H and O–H groups in total. The summed E-state index contributed by atoms with van der Waals surface area (Å²) in [4.78, 5) is 11.4. The molecule has 15 heavy (non-hydrogen) atoms. The molecule has 1 aromatic rings. The van der Waals surface area contributed by atoms with Crippen molar-refractivity contribution in [3.8, 4) is 0 Å². The first-order valence-electron chi connectivity index (χ1n) is 5.48. The second-order valence-corrected chi connectivity index (χ2v) is 4.54. The second kappa shape index (κ2) is 4.04. The summed E-state index contributed by atoms with van der Waals surface area (Å²) in [6.07, 6.45) is 6.24. The molecule has 1 amide bonds. The molecule has 2 rings (SSSR count). The molecule has 4 nitrogen and oxygen atoms in total. The van der Waals surface area contributed by atoms with Gasteiger partial charge in [-0.2, -0.15) is 5.10 Å². The highest BCUT2D eigenvalue weighted by Gasteiger charge is 2.22. The number of nitrogens with zero attached hydrogens (tertiary/aromatic N) is 2. The molecule has 0 unspecified atom stereocenters. The molecule has 1 aromatic heterocycles. The van der Waals surface area contributed by atoms with E-state index in [0.29, 0.717) is 0 Å². The number of hydrogen-bond donors (Lipinski definition) is 1. The Hall–Kier alpha value is -1.32. The minimum atomic E-state index is 0.0109. The Labute approximate surface area is 89.7 Å². The van der Waals surface area contributed by atoms with Crippen molar-refractivity contribution >= 4 is 11.6 Å². The van der Waals surface area contributed by atoms with Crippen LogP contribution in [0, 0.1) is 11.8 Å². The lowest BCUT2D eigenvalue weighted by Crippen LogP contribution is -2.17. The van der Waals surface area contributed by atoms with Crippen molar-refractivity contribution in [1.29, 1.82) is 0 Å². The monoisotopic (exact) mass is 207 g/mol. The SMILES string of the molecule is CC(C)C(=O)Nc1cnn(CC2CC2)c1. The number of aromatic nitrogens is 2. The Morgan fingerprint density at radius 2 is 2.40 bits per heavy atom. The van der Waals surface area contributed by atoms with Gasteiger partial charge in [-0.15, -0.1) is 0 Å². The fraction of sp³-hybridized carbons (Fsp3) is 0.636. The van der Waals surface area contributed by atoms with Gasteiger partial charge in [0.25, 0.3) is 0 Å². The van der Waals surface area contributed by atoms with Gasteiger partial charge in [0.1, 0.15) is 0 Å². The van der Waals surface area contributed by atoms with Gasteiger partial charge in [0.15, 0.2) is 0 Å². The Morgan fingerprint density at radius 3 is 3.00 bits per heavy atom. The smallest absolute Gasteiger partial charge is 0.227 e. The second-order valence-electron chi connectivity index (χ2n) is 4.54. The summed E-state index contributed by atoms with van der Waals surface area (Å²) in [5.41, 5.74) is 0.800. The summed E-state index contributed by atoms with van der Waals surface area (Å²) >= 11 is 0. The molecule has 0 aliphatic heterocycles. The molecule has 1 aliphatic carbocycles. The van der Waals surface area contributed by atoms with Gasteiger partial charge in [-0.3, -0.25) is 9.48 Å². The van der Waals surface area contributed by atoms with E-state index in [1.54, 1.807) is 6.20 Å². The Balaban J connectivity index is 1.91. The van der Waals surface area contributed by atoms with Crippen molar-refractivity contribution in [2.45, 2.75) is 33.2 Å². The fourth-order valence-electron chi connectivity index (χ4n) is 1.38. The van der Waals surface area contributed by atoms with Gasteiger partial charge in [-0.25, -0.2) is 0 Å². The molecule has 0 bridgehead atoms. The van der Waals surface area contributed by atoms with Gasteiger partial charge in [0.2, 0.25) is 5.91 Å². The zero-order chi connectivity index (χ0) is 10.8. The minimum absolute atomic E-state index is 0.0109. The highest BCUT2D eigenvalue weighted by molar-refractivity contribution is 5.91. The summed E-state index contributed by atoms with van der Waals surface area (Å²) in [6.45, 7) is 4.74. The average Bonchev–Trinajstić information content (AvgIpc) is 2.87. The number of hydrogen-bond acceptors (Lipinski definition) is 2. The Kier molecular flexibility index (Phi) is 2.75. The molecule has 0 atom stereocenters. The van der Waals surface area contributed by atoms with Crippen LogP contribution in [0.25, 0.3) is 0 Å². The summed E-state index contributed by atoms with van der Waals surface area (Å²) in [7, 11) is 0. The fourth-order valence-corrected chi connectivity index (χ4v) is 1.38. The van der Waals surface area contributed by atoms with Crippen LogP contribution in [0.4, 0.5) is 5.69 Å². The third-order valence-corrected chi connectivity index (χ3v) is 2.57. The van der Waals surface area contributed by atoms with E-state index in [4.69, 9.17) is 0 Å². The number of rotatable bonds is 4. The van der Waals surface area contributed by atoms with Crippen molar-refractivity contribution in [2.75, 3.05) is 5.32 Å². The Bertz CT molecular complexity index is 352. The van der Waals surface area contributed by atoms with Crippen molar-refractivity contribution < 1.29 is 4.79 Å². The summed E-state index contributed by atoms with van der Waals surface area (Å²) in [6, 6.07) is 0. The topological polar surface area (TPSA) is 46.9 Å². The van der Waals surface area contributed by atoms with E-state index in [-0.39, 0.29) is 11.8 Å². The standard InChI is InChI=1S/C11H17N3O/c1-8(2)11(15)13-10-5-12-14(7-10)6-9-3-4-9/h5,7-9H,3-4,6H2,1-2H3,(H,13,15). The molecule has 0 aromatic carbocycles. The van der Waals surface area contributed by atoms with Gasteiger partial charge >= 0.3 is 0 Å². The van der Waals surface area contributed by atoms with E-state index in [0.717, 1.165) is 18.2 Å². The zero-order valence-electron chi connectivity index (χ0n) is 9.23. The van der Waals surface area contributed by atoms with Crippen molar-refractivity contribution in [3.63, 3.8) is 0 Å². The lowest BCUT2D eigenvalue weighted by atomic mass is 10.2. The number of anilines is 1.